The molecule has 0 bridgehead atoms. The Hall–Kier alpha value is -1.77. The van der Waals surface area contributed by atoms with E-state index in [0.717, 1.165) is 29.3 Å². The van der Waals surface area contributed by atoms with Gasteiger partial charge in [0.2, 0.25) is 0 Å². The highest BCUT2D eigenvalue weighted by Gasteiger charge is 2.50. The molecule has 1 saturated carbocycles. The zero-order valence-electron chi connectivity index (χ0n) is 8.86. The van der Waals surface area contributed by atoms with Crippen LogP contribution in [0.5, 0.6) is 0 Å². The summed E-state index contributed by atoms with van der Waals surface area (Å²) in [6, 6.07) is 8.02. The van der Waals surface area contributed by atoms with Gasteiger partial charge in [0.25, 0.3) is 0 Å². The number of carboxylic acids is 1. The largest absolute Gasteiger partial charge is 0.481 e. The van der Waals surface area contributed by atoms with Crippen LogP contribution >= 0.6 is 0 Å². The molecule has 1 aromatic heterocycles. The summed E-state index contributed by atoms with van der Waals surface area (Å²) >= 11 is 0. The second-order valence-corrected chi connectivity index (χ2v) is 4.62. The highest BCUT2D eigenvalue weighted by atomic mass is 16.4. The molecule has 3 rings (SSSR count). The molecule has 3 heteroatoms. The van der Waals surface area contributed by atoms with E-state index in [-0.39, 0.29) is 0 Å². The lowest BCUT2D eigenvalue weighted by Crippen LogP contribution is -2.17. The molecule has 1 heterocycles. The lowest BCUT2D eigenvalue weighted by Gasteiger charge is -2.07. The predicted octanol–water partition coefficient (Wildman–Crippen LogP) is 2.58. The maximum atomic E-state index is 11.1. The Morgan fingerprint density at radius 2 is 2.12 bits per heavy atom. The van der Waals surface area contributed by atoms with Crippen molar-refractivity contribution in [3.63, 3.8) is 0 Å². The van der Waals surface area contributed by atoms with Crippen LogP contribution in [-0.2, 0) is 11.2 Å². The zero-order chi connectivity index (χ0) is 11.2. The van der Waals surface area contributed by atoms with Crippen LogP contribution in [0.25, 0.3) is 10.9 Å². The average molecular weight is 215 g/mol. The van der Waals surface area contributed by atoms with E-state index in [1.165, 1.54) is 0 Å². The number of H-pyrrole nitrogens is 1. The van der Waals surface area contributed by atoms with Gasteiger partial charge in [-0.3, -0.25) is 4.79 Å². The summed E-state index contributed by atoms with van der Waals surface area (Å²) in [6.45, 7) is 0. The molecular weight excluding hydrogens is 202 g/mol. The standard InChI is InChI=1S/C13H13NO2/c15-12(16)13(5-6-13)7-9-8-14-11-4-2-1-3-10(9)11/h1-4,8,14H,5-7H2,(H,15,16). The summed E-state index contributed by atoms with van der Waals surface area (Å²) in [5.41, 5.74) is 1.72. The number of hydrogen-bond donors (Lipinski definition) is 2. The van der Waals surface area contributed by atoms with Gasteiger partial charge in [-0.05, 0) is 30.9 Å². The lowest BCUT2D eigenvalue weighted by molar-refractivity contribution is -0.143. The van der Waals surface area contributed by atoms with E-state index in [4.69, 9.17) is 5.11 Å². The maximum Gasteiger partial charge on any atom is 0.309 e. The molecule has 0 radical (unpaired) electrons. The quantitative estimate of drug-likeness (QED) is 0.826. The third kappa shape index (κ3) is 1.32. The van der Waals surface area contributed by atoms with Crippen LogP contribution in [0.3, 0.4) is 0 Å². The van der Waals surface area contributed by atoms with Gasteiger partial charge in [0, 0.05) is 17.1 Å². The minimum Gasteiger partial charge on any atom is -0.481 e. The maximum absolute atomic E-state index is 11.1. The topological polar surface area (TPSA) is 53.1 Å². The van der Waals surface area contributed by atoms with Gasteiger partial charge in [0.1, 0.15) is 0 Å². The number of carbonyl (C=O) groups is 1. The normalized spacial score (nSPS) is 17.5. The van der Waals surface area contributed by atoms with Crippen molar-refractivity contribution in [1.29, 1.82) is 0 Å². The van der Waals surface area contributed by atoms with Crippen molar-refractivity contribution >= 4 is 16.9 Å². The number of rotatable bonds is 3. The van der Waals surface area contributed by atoms with E-state index in [1.54, 1.807) is 0 Å². The van der Waals surface area contributed by atoms with Gasteiger partial charge in [-0.25, -0.2) is 0 Å². The summed E-state index contributed by atoms with van der Waals surface area (Å²) in [7, 11) is 0. The molecule has 3 nitrogen and oxygen atoms in total. The van der Waals surface area contributed by atoms with Crippen molar-refractivity contribution in [2.45, 2.75) is 19.3 Å². The molecule has 0 unspecified atom stereocenters. The van der Waals surface area contributed by atoms with Gasteiger partial charge < -0.3 is 10.1 Å². The molecule has 0 amide bonds. The highest BCUT2D eigenvalue weighted by molar-refractivity contribution is 5.85. The minimum absolute atomic E-state index is 0.481. The van der Waals surface area contributed by atoms with Crippen LogP contribution in [0.15, 0.2) is 30.5 Å². The number of para-hydroxylation sites is 1. The zero-order valence-corrected chi connectivity index (χ0v) is 8.86. The molecule has 0 atom stereocenters. The van der Waals surface area contributed by atoms with Crippen LogP contribution in [-0.4, -0.2) is 16.1 Å². The Kier molecular flexibility index (Phi) is 1.84. The molecule has 1 aliphatic carbocycles. The van der Waals surface area contributed by atoms with Crippen molar-refractivity contribution < 1.29 is 9.90 Å². The summed E-state index contributed by atoms with van der Waals surface area (Å²) in [6.07, 6.45) is 4.20. The van der Waals surface area contributed by atoms with E-state index in [2.05, 4.69) is 4.98 Å². The molecule has 1 aromatic carbocycles. The van der Waals surface area contributed by atoms with Crippen LogP contribution < -0.4 is 0 Å². The fraction of sp³-hybridized carbons (Fsp3) is 0.308. The van der Waals surface area contributed by atoms with Gasteiger partial charge in [-0.15, -0.1) is 0 Å². The molecule has 2 N–H and O–H groups in total. The van der Waals surface area contributed by atoms with E-state index in [0.29, 0.717) is 6.42 Å². The van der Waals surface area contributed by atoms with E-state index >= 15 is 0 Å². The van der Waals surface area contributed by atoms with E-state index in [9.17, 15) is 4.79 Å². The van der Waals surface area contributed by atoms with Crippen LogP contribution in [0.4, 0.5) is 0 Å². The number of nitrogens with one attached hydrogen (secondary N) is 1. The Morgan fingerprint density at radius 3 is 2.81 bits per heavy atom. The van der Waals surface area contributed by atoms with Crippen LogP contribution in [0.2, 0.25) is 0 Å². The summed E-state index contributed by atoms with van der Waals surface area (Å²) in [5, 5.41) is 10.3. The molecule has 1 aliphatic rings. The fourth-order valence-corrected chi connectivity index (χ4v) is 2.26. The molecule has 0 spiro atoms. The predicted molar refractivity (Wildman–Crippen MR) is 61.3 cm³/mol. The number of carboxylic acid groups (broad SMARTS) is 1. The van der Waals surface area contributed by atoms with Crippen molar-refractivity contribution in [3.05, 3.63) is 36.0 Å². The number of aromatic amines is 1. The molecule has 1 fully saturated rings. The monoisotopic (exact) mass is 215 g/mol. The Balaban J connectivity index is 1.98. The van der Waals surface area contributed by atoms with Crippen molar-refractivity contribution in [2.75, 3.05) is 0 Å². The molecule has 0 aliphatic heterocycles. The van der Waals surface area contributed by atoms with Gasteiger partial charge >= 0.3 is 5.97 Å². The Bertz CT molecular complexity index is 552. The van der Waals surface area contributed by atoms with Gasteiger partial charge in [0.05, 0.1) is 5.41 Å². The van der Waals surface area contributed by atoms with E-state index in [1.807, 2.05) is 30.5 Å². The van der Waals surface area contributed by atoms with Crippen LogP contribution in [0, 0.1) is 5.41 Å². The van der Waals surface area contributed by atoms with E-state index < -0.39 is 11.4 Å². The first-order valence-corrected chi connectivity index (χ1v) is 5.50. The number of aromatic nitrogens is 1. The molecular formula is C13H13NO2. The molecule has 16 heavy (non-hydrogen) atoms. The first-order chi connectivity index (χ1) is 7.71. The third-order valence-corrected chi connectivity index (χ3v) is 3.51. The van der Waals surface area contributed by atoms with Crippen molar-refractivity contribution in [1.82, 2.24) is 4.98 Å². The summed E-state index contributed by atoms with van der Waals surface area (Å²) in [5.74, 6) is -0.655. The second-order valence-electron chi connectivity index (χ2n) is 4.62. The van der Waals surface area contributed by atoms with Gasteiger partial charge in [-0.2, -0.15) is 0 Å². The lowest BCUT2D eigenvalue weighted by atomic mass is 9.96. The number of fused-ring (bicyclic) bond motifs is 1. The summed E-state index contributed by atoms with van der Waals surface area (Å²) in [4.78, 5) is 14.3. The summed E-state index contributed by atoms with van der Waals surface area (Å²) < 4.78 is 0. The second kappa shape index (κ2) is 3.11. The minimum atomic E-state index is -0.655. The number of aliphatic carboxylic acids is 1. The number of benzene rings is 1. The molecule has 0 saturated heterocycles. The highest BCUT2D eigenvalue weighted by Crippen LogP contribution is 2.49. The SMILES string of the molecule is O=C(O)C1(Cc2c[nH]c3ccccc23)CC1. The third-order valence-electron chi connectivity index (χ3n) is 3.51. The Labute approximate surface area is 93.1 Å². The smallest absolute Gasteiger partial charge is 0.309 e. The van der Waals surface area contributed by atoms with Crippen LogP contribution in [0.1, 0.15) is 18.4 Å². The van der Waals surface area contributed by atoms with Crippen molar-refractivity contribution in [2.24, 2.45) is 5.41 Å². The fourth-order valence-electron chi connectivity index (χ4n) is 2.26. The van der Waals surface area contributed by atoms with Crippen molar-refractivity contribution in [3.8, 4) is 0 Å². The first kappa shape index (κ1) is 9.46. The Morgan fingerprint density at radius 1 is 1.38 bits per heavy atom. The molecule has 2 aromatic rings. The van der Waals surface area contributed by atoms with Gasteiger partial charge in [0.15, 0.2) is 0 Å². The van der Waals surface area contributed by atoms with Gasteiger partial charge in [-0.1, -0.05) is 18.2 Å². The first-order valence-electron chi connectivity index (χ1n) is 5.50. The number of hydrogen-bond acceptors (Lipinski definition) is 1. The average Bonchev–Trinajstić information content (AvgIpc) is 2.96. The molecule has 82 valence electrons.